The Balaban J connectivity index is 2.06. The summed E-state index contributed by atoms with van der Waals surface area (Å²) >= 11 is 0. The highest BCUT2D eigenvalue weighted by atomic mass is 19.1. The van der Waals surface area contributed by atoms with Gasteiger partial charge < -0.3 is 5.32 Å². The summed E-state index contributed by atoms with van der Waals surface area (Å²) in [6.07, 6.45) is 1.90. The maximum absolute atomic E-state index is 13.5. The molecular formula is C17H16FNO. The molecule has 2 aromatic carbocycles. The number of hydrogen-bond acceptors (Lipinski definition) is 2. The predicted octanol–water partition coefficient (Wildman–Crippen LogP) is 3.72. The molecule has 20 heavy (non-hydrogen) atoms. The molecular weight excluding hydrogens is 253 g/mol. The van der Waals surface area contributed by atoms with E-state index < -0.39 is 0 Å². The molecule has 3 heteroatoms. The second-order valence-electron chi connectivity index (χ2n) is 5.21. The third kappa shape index (κ3) is 2.31. The summed E-state index contributed by atoms with van der Waals surface area (Å²) in [5.74, 6) is -0.468. The number of aryl methyl sites for hydroxylation is 1. The lowest BCUT2D eigenvalue weighted by atomic mass is 9.92. The van der Waals surface area contributed by atoms with Crippen molar-refractivity contribution in [2.24, 2.45) is 0 Å². The number of anilines is 1. The number of nitrogens with one attached hydrogen (secondary N) is 1. The van der Waals surface area contributed by atoms with E-state index in [2.05, 4.69) is 5.32 Å². The Morgan fingerprint density at radius 3 is 2.90 bits per heavy atom. The van der Waals surface area contributed by atoms with E-state index in [1.807, 2.05) is 18.2 Å². The van der Waals surface area contributed by atoms with Crippen molar-refractivity contribution in [2.45, 2.75) is 19.8 Å². The molecule has 0 unspecified atom stereocenters. The van der Waals surface area contributed by atoms with Gasteiger partial charge in [-0.25, -0.2) is 4.39 Å². The van der Waals surface area contributed by atoms with E-state index in [4.69, 9.17) is 0 Å². The highest BCUT2D eigenvalue weighted by Gasteiger charge is 2.19. The smallest absolute Gasteiger partial charge is 0.193 e. The maximum Gasteiger partial charge on any atom is 0.193 e. The van der Waals surface area contributed by atoms with Crippen LogP contribution in [0.15, 0.2) is 36.4 Å². The fraction of sp³-hybridized carbons (Fsp3) is 0.235. The van der Waals surface area contributed by atoms with Crippen molar-refractivity contribution >= 4 is 11.5 Å². The largest absolute Gasteiger partial charge is 0.385 e. The predicted molar refractivity (Wildman–Crippen MR) is 77.8 cm³/mol. The summed E-state index contributed by atoms with van der Waals surface area (Å²) < 4.78 is 13.5. The topological polar surface area (TPSA) is 29.1 Å². The fourth-order valence-electron chi connectivity index (χ4n) is 2.75. The standard InChI is InChI=1S/C17H16FNO/c1-11-8-12(10-13(18)9-11)17(20)15-4-2-6-16-14(15)5-3-7-19-16/h2,4,6,8-10,19H,3,5,7H2,1H3. The zero-order valence-corrected chi connectivity index (χ0v) is 11.4. The molecule has 2 nitrogen and oxygen atoms in total. The minimum absolute atomic E-state index is 0.104. The van der Waals surface area contributed by atoms with E-state index in [-0.39, 0.29) is 11.6 Å². The first kappa shape index (κ1) is 12.9. The highest BCUT2D eigenvalue weighted by Crippen LogP contribution is 2.27. The van der Waals surface area contributed by atoms with E-state index in [0.717, 1.165) is 36.2 Å². The summed E-state index contributed by atoms with van der Waals surface area (Å²) in [4.78, 5) is 12.6. The number of carbonyl (C=O) groups excluding carboxylic acids is 1. The number of carbonyl (C=O) groups is 1. The van der Waals surface area contributed by atoms with Gasteiger partial charge in [0.05, 0.1) is 0 Å². The number of benzene rings is 2. The molecule has 2 aromatic rings. The van der Waals surface area contributed by atoms with Crippen LogP contribution < -0.4 is 5.32 Å². The Morgan fingerprint density at radius 2 is 2.10 bits per heavy atom. The van der Waals surface area contributed by atoms with E-state index >= 15 is 0 Å². The number of hydrogen-bond donors (Lipinski definition) is 1. The van der Waals surface area contributed by atoms with E-state index in [9.17, 15) is 9.18 Å². The van der Waals surface area contributed by atoms with Gasteiger partial charge in [-0.3, -0.25) is 4.79 Å². The van der Waals surface area contributed by atoms with E-state index in [1.54, 1.807) is 13.0 Å². The van der Waals surface area contributed by atoms with Gasteiger partial charge in [0.15, 0.2) is 5.78 Å². The van der Waals surface area contributed by atoms with Crippen LogP contribution in [-0.4, -0.2) is 12.3 Å². The summed E-state index contributed by atoms with van der Waals surface area (Å²) in [5, 5.41) is 3.31. The summed E-state index contributed by atoms with van der Waals surface area (Å²) in [6, 6.07) is 10.2. The number of halogens is 1. The molecule has 0 saturated carbocycles. The first-order chi connectivity index (χ1) is 9.65. The van der Waals surface area contributed by atoms with Gasteiger partial charge in [0.25, 0.3) is 0 Å². The van der Waals surface area contributed by atoms with Crippen LogP contribution in [0.2, 0.25) is 0 Å². The van der Waals surface area contributed by atoms with Crippen LogP contribution in [0.4, 0.5) is 10.1 Å². The van der Waals surface area contributed by atoms with Crippen molar-refractivity contribution < 1.29 is 9.18 Å². The summed E-state index contributed by atoms with van der Waals surface area (Å²) in [7, 11) is 0. The first-order valence-electron chi connectivity index (χ1n) is 6.83. The van der Waals surface area contributed by atoms with Gasteiger partial charge in [-0.1, -0.05) is 12.1 Å². The van der Waals surface area contributed by atoms with Crippen LogP contribution in [0.5, 0.6) is 0 Å². The fourth-order valence-corrected chi connectivity index (χ4v) is 2.75. The van der Waals surface area contributed by atoms with Crippen LogP contribution in [0, 0.1) is 12.7 Å². The van der Waals surface area contributed by atoms with Crippen molar-refractivity contribution in [3.63, 3.8) is 0 Å². The molecule has 1 heterocycles. The third-order valence-corrected chi connectivity index (χ3v) is 3.64. The lowest BCUT2D eigenvalue weighted by Crippen LogP contribution is -2.16. The molecule has 0 spiro atoms. The highest BCUT2D eigenvalue weighted by molar-refractivity contribution is 6.10. The van der Waals surface area contributed by atoms with Gasteiger partial charge in [-0.05, 0) is 55.2 Å². The van der Waals surface area contributed by atoms with E-state index in [1.165, 1.54) is 12.1 Å². The maximum atomic E-state index is 13.5. The number of rotatable bonds is 2. The third-order valence-electron chi connectivity index (χ3n) is 3.64. The van der Waals surface area contributed by atoms with Crippen LogP contribution >= 0.6 is 0 Å². The monoisotopic (exact) mass is 269 g/mol. The van der Waals surface area contributed by atoms with Gasteiger partial charge in [-0.15, -0.1) is 0 Å². The van der Waals surface area contributed by atoms with Gasteiger partial charge in [0.2, 0.25) is 0 Å². The average molecular weight is 269 g/mol. The van der Waals surface area contributed by atoms with Gasteiger partial charge >= 0.3 is 0 Å². The van der Waals surface area contributed by atoms with Crippen LogP contribution in [-0.2, 0) is 6.42 Å². The Kier molecular flexibility index (Phi) is 3.26. The molecule has 0 amide bonds. The van der Waals surface area contributed by atoms with Gasteiger partial charge in [0, 0.05) is 23.4 Å². The van der Waals surface area contributed by atoms with Crippen molar-refractivity contribution in [3.05, 3.63) is 64.5 Å². The lowest BCUT2D eigenvalue weighted by molar-refractivity contribution is 0.103. The zero-order valence-electron chi connectivity index (χ0n) is 11.4. The van der Waals surface area contributed by atoms with E-state index in [0.29, 0.717) is 11.1 Å². The summed E-state index contributed by atoms with van der Waals surface area (Å²) in [6.45, 7) is 2.73. The molecule has 0 saturated heterocycles. The molecule has 1 aliphatic rings. The van der Waals surface area contributed by atoms with Gasteiger partial charge in [0.1, 0.15) is 5.82 Å². The van der Waals surface area contributed by atoms with Crippen LogP contribution in [0.25, 0.3) is 0 Å². The zero-order chi connectivity index (χ0) is 14.1. The van der Waals surface area contributed by atoms with Crippen molar-refractivity contribution in [3.8, 4) is 0 Å². The molecule has 0 bridgehead atoms. The molecule has 3 rings (SSSR count). The second-order valence-corrected chi connectivity index (χ2v) is 5.21. The molecule has 1 N–H and O–H groups in total. The lowest BCUT2D eigenvalue weighted by Gasteiger charge is -2.20. The SMILES string of the molecule is Cc1cc(F)cc(C(=O)c2cccc3c2CCCN3)c1. The quantitative estimate of drug-likeness (QED) is 0.842. The van der Waals surface area contributed by atoms with Crippen molar-refractivity contribution in [1.82, 2.24) is 0 Å². The molecule has 102 valence electrons. The Labute approximate surface area is 117 Å². The Morgan fingerprint density at radius 1 is 1.25 bits per heavy atom. The van der Waals surface area contributed by atoms with Crippen molar-refractivity contribution in [2.75, 3.05) is 11.9 Å². The minimum atomic E-state index is -0.365. The number of fused-ring (bicyclic) bond motifs is 1. The van der Waals surface area contributed by atoms with Crippen molar-refractivity contribution in [1.29, 1.82) is 0 Å². The summed E-state index contributed by atoms with van der Waals surface area (Å²) in [5.41, 5.74) is 3.93. The average Bonchev–Trinajstić information content (AvgIpc) is 2.45. The number of ketones is 1. The molecule has 0 aliphatic carbocycles. The first-order valence-corrected chi connectivity index (χ1v) is 6.83. The molecule has 0 atom stereocenters. The normalized spacial score (nSPS) is 13.5. The molecule has 0 fully saturated rings. The molecule has 0 radical (unpaired) electrons. The minimum Gasteiger partial charge on any atom is -0.385 e. The second kappa shape index (κ2) is 5.08. The van der Waals surface area contributed by atoms with Crippen LogP contribution in [0.1, 0.15) is 33.5 Å². The van der Waals surface area contributed by atoms with Crippen LogP contribution in [0.3, 0.4) is 0 Å². The molecule has 1 aliphatic heterocycles. The van der Waals surface area contributed by atoms with Gasteiger partial charge in [-0.2, -0.15) is 0 Å². The Hall–Kier alpha value is -2.16. The Bertz CT molecular complexity index is 658. The molecule has 0 aromatic heterocycles.